The van der Waals surface area contributed by atoms with Crippen LogP contribution < -0.4 is 16.0 Å². The number of benzene rings is 2. The van der Waals surface area contributed by atoms with E-state index in [1.54, 1.807) is 31.2 Å². The molecule has 0 bridgehead atoms. The van der Waals surface area contributed by atoms with Gasteiger partial charge in [0, 0.05) is 60.5 Å². The SMILES string of the molecule is Cc1sc(NC(=O)c2ccc(Nc3cc(NCCCN4CCN(C)CC4)ncn3)cc2)nc1-c1ccc(F)c(C(F)(F)F)c1. The molecule has 1 amide bonds. The number of anilines is 4. The molecule has 232 valence electrons. The van der Waals surface area contributed by atoms with Crippen LogP contribution in [0.25, 0.3) is 11.3 Å². The summed E-state index contributed by atoms with van der Waals surface area (Å²) in [4.78, 5) is 31.1. The number of nitrogens with zero attached hydrogens (tertiary/aromatic N) is 5. The molecule has 1 saturated heterocycles. The van der Waals surface area contributed by atoms with Gasteiger partial charge in [0.25, 0.3) is 5.91 Å². The molecule has 0 atom stereocenters. The molecule has 1 fully saturated rings. The van der Waals surface area contributed by atoms with Gasteiger partial charge in [0.05, 0.1) is 11.3 Å². The number of carbonyl (C=O) groups is 1. The van der Waals surface area contributed by atoms with E-state index < -0.39 is 23.5 Å². The van der Waals surface area contributed by atoms with Crippen LogP contribution in [-0.2, 0) is 6.18 Å². The van der Waals surface area contributed by atoms with Crippen molar-refractivity contribution < 1.29 is 22.4 Å². The first kappa shape index (κ1) is 31.3. The molecule has 14 heteroatoms. The Hall–Kier alpha value is -4.14. The van der Waals surface area contributed by atoms with Gasteiger partial charge in [-0.1, -0.05) is 0 Å². The fourth-order valence-corrected chi connectivity index (χ4v) is 5.57. The zero-order valence-electron chi connectivity index (χ0n) is 24.2. The number of likely N-dealkylation sites (N-methyl/N-ethyl adjacent to an activating group) is 1. The van der Waals surface area contributed by atoms with Gasteiger partial charge in [0.1, 0.15) is 23.8 Å². The smallest absolute Gasteiger partial charge is 0.370 e. The Morgan fingerprint density at radius 1 is 1.00 bits per heavy atom. The van der Waals surface area contributed by atoms with Crippen LogP contribution in [0.2, 0.25) is 0 Å². The van der Waals surface area contributed by atoms with Crippen LogP contribution in [0.3, 0.4) is 0 Å². The Morgan fingerprint density at radius 2 is 1.73 bits per heavy atom. The number of halogens is 4. The van der Waals surface area contributed by atoms with Gasteiger partial charge >= 0.3 is 6.18 Å². The molecular weight excluding hydrogens is 596 g/mol. The van der Waals surface area contributed by atoms with Crippen molar-refractivity contribution in [1.82, 2.24) is 24.8 Å². The number of aryl methyl sites for hydroxylation is 1. The van der Waals surface area contributed by atoms with E-state index in [1.165, 1.54) is 12.4 Å². The van der Waals surface area contributed by atoms with E-state index in [0.717, 1.165) is 69.2 Å². The third-order valence-electron chi connectivity index (χ3n) is 7.20. The molecule has 2 aromatic heterocycles. The summed E-state index contributed by atoms with van der Waals surface area (Å²) in [5.74, 6) is -0.481. The number of thiazole rings is 1. The Balaban J connectivity index is 1.14. The number of aromatic nitrogens is 3. The van der Waals surface area contributed by atoms with Crippen molar-refractivity contribution in [3.05, 3.63) is 76.7 Å². The molecule has 1 aliphatic heterocycles. The minimum atomic E-state index is -4.83. The maximum atomic E-state index is 13.7. The maximum Gasteiger partial charge on any atom is 0.419 e. The summed E-state index contributed by atoms with van der Waals surface area (Å²) >= 11 is 1.12. The van der Waals surface area contributed by atoms with Crippen LogP contribution in [-0.4, -0.2) is 77.0 Å². The fraction of sp³-hybridized carbons (Fsp3) is 0.333. The summed E-state index contributed by atoms with van der Waals surface area (Å²) in [6.45, 7) is 7.89. The highest BCUT2D eigenvalue weighted by molar-refractivity contribution is 7.16. The summed E-state index contributed by atoms with van der Waals surface area (Å²) in [6, 6.07) is 11.3. The average molecular weight is 629 g/mol. The third kappa shape index (κ3) is 8.07. The van der Waals surface area contributed by atoms with Gasteiger partial charge in [-0.15, -0.1) is 11.3 Å². The molecule has 0 saturated carbocycles. The standard InChI is InChI=1S/C30H32F4N8OS/c1-19-27(21-6-9-24(31)23(16-21)30(32,33)34)39-29(44-19)40-28(43)20-4-7-22(8-5-20)38-26-17-25(36-18-37-26)35-10-3-11-42-14-12-41(2)13-15-42/h4-9,16-18H,3,10-15H2,1-2H3,(H,39,40,43)(H2,35,36,37,38). The molecule has 2 aromatic carbocycles. The number of nitrogens with one attached hydrogen (secondary N) is 3. The van der Waals surface area contributed by atoms with Crippen LogP contribution in [0.15, 0.2) is 54.9 Å². The molecule has 44 heavy (non-hydrogen) atoms. The molecule has 5 rings (SSSR count). The molecule has 0 unspecified atom stereocenters. The van der Waals surface area contributed by atoms with E-state index in [4.69, 9.17) is 0 Å². The molecule has 3 heterocycles. The lowest BCUT2D eigenvalue weighted by Gasteiger charge is -2.32. The molecule has 4 aromatic rings. The van der Waals surface area contributed by atoms with Crippen LogP contribution in [0, 0.1) is 12.7 Å². The van der Waals surface area contributed by atoms with E-state index in [-0.39, 0.29) is 16.4 Å². The highest BCUT2D eigenvalue weighted by Crippen LogP contribution is 2.36. The first-order chi connectivity index (χ1) is 21.0. The van der Waals surface area contributed by atoms with Gasteiger partial charge in [-0.3, -0.25) is 10.1 Å². The van der Waals surface area contributed by atoms with E-state index in [9.17, 15) is 22.4 Å². The van der Waals surface area contributed by atoms with Gasteiger partial charge < -0.3 is 20.4 Å². The highest BCUT2D eigenvalue weighted by Gasteiger charge is 2.34. The number of carbonyl (C=O) groups excluding carboxylic acids is 1. The first-order valence-electron chi connectivity index (χ1n) is 14.0. The molecule has 0 spiro atoms. The van der Waals surface area contributed by atoms with Gasteiger partial charge in [0.2, 0.25) is 0 Å². The van der Waals surface area contributed by atoms with Crippen LogP contribution in [0.1, 0.15) is 27.2 Å². The maximum absolute atomic E-state index is 13.7. The Bertz CT molecular complexity index is 1590. The zero-order chi connectivity index (χ0) is 31.3. The second-order valence-electron chi connectivity index (χ2n) is 10.5. The minimum absolute atomic E-state index is 0.108. The van der Waals surface area contributed by atoms with E-state index in [0.29, 0.717) is 27.8 Å². The van der Waals surface area contributed by atoms with E-state index >= 15 is 0 Å². The molecule has 0 radical (unpaired) electrons. The number of piperazine rings is 1. The summed E-state index contributed by atoms with van der Waals surface area (Å²) < 4.78 is 53.2. The van der Waals surface area contributed by atoms with Gasteiger partial charge in [-0.05, 0) is 69.4 Å². The minimum Gasteiger partial charge on any atom is -0.370 e. The quantitative estimate of drug-likeness (QED) is 0.143. The monoisotopic (exact) mass is 628 g/mol. The van der Waals surface area contributed by atoms with Crippen molar-refractivity contribution in [2.75, 3.05) is 62.3 Å². The van der Waals surface area contributed by atoms with E-state index in [1.807, 2.05) is 6.07 Å². The van der Waals surface area contributed by atoms with Crippen molar-refractivity contribution in [2.45, 2.75) is 19.5 Å². The lowest BCUT2D eigenvalue weighted by Crippen LogP contribution is -2.44. The molecule has 9 nitrogen and oxygen atoms in total. The summed E-state index contributed by atoms with van der Waals surface area (Å²) in [5.41, 5.74) is 0.0518. The lowest BCUT2D eigenvalue weighted by atomic mass is 10.1. The zero-order valence-corrected chi connectivity index (χ0v) is 25.0. The second kappa shape index (κ2) is 13.7. The largest absolute Gasteiger partial charge is 0.419 e. The van der Waals surface area contributed by atoms with Gasteiger partial charge in [0.15, 0.2) is 5.13 Å². The fourth-order valence-electron chi connectivity index (χ4n) is 4.74. The number of hydrogen-bond donors (Lipinski definition) is 3. The van der Waals surface area contributed by atoms with Crippen LogP contribution in [0.5, 0.6) is 0 Å². The van der Waals surface area contributed by atoms with E-state index in [2.05, 4.69) is 47.7 Å². The van der Waals surface area contributed by atoms with Crippen molar-refractivity contribution in [3.8, 4) is 11.3 Å². The Morgan fingerprint density at radius 3 is 2.45 bits per heavy atom. The van der Waals surface area contributed by atoms with Crippen molar-refractivity contribution in [2.24, 2.45) is 0 Å². The lowest BCUT2D eigenvalue weighted by molar-refractivity contribution is -0.139. The molecule has 0 aliphatic carbocycles. The molecule has 1 aliphatic rings. The van der Waals surface area contributed by atoms with Crippen LogP contribution >= 0.6 is 11.3 Å². The number of hydrogen-bond acceptors (Lipinski definition) is 9. The number of alkyl halides is 3. The third-order valence-corrected chi connectivity index (χ3v) is 8.09. The first-order valence-corrected chi connectivity index (χ1v) is 14.9. The Labute approximate surface area is 256 Å². The Kier molecular flexibility index (Phi) is 9.71. The van der Waals surface area contributed by atoms with Crippen molar-refractivity contribution in [3.63, 3.8) is 0 Å². The predicted molar refractivity (Wildman–Crippen MR) is 164 cm³/mol. The normalized spacial score (nSPS) is 14.4. The second-order valence-corrected chi connectivity index (χ2v) is 11.7. The van der Waals surface area contributed by atoms with Crippen molar-refractivity contribution >= 4 is 39.7 Å². The van der Waals surface area contributed by atoms with Crippen molar-refractivity contribution in [1.29, 1.82) is 0 Å². The molecular formula is C30H32F4N8OS. The summed E-state index contributed by atoms with van der Waals surface area (Å²) in [6.07, 6.45) is -2.35. The number of rotatable bonds is 10. The molecule has 3 N–H and O–H groups in total. The summed E-state index contributed by atoms with van der Waals surface area (Å²) in [5, 5.41) is 9.44. The summed E-state index contributed by atoms with van der Waals surface area (Å²) in [7, 11) is 2.15. The predicted octanol–water partition coefficient (Wildman–Crippen LogP) is 6.11. The van der Waals surface area contributed by atoms with Gasteiger partial charge in [-0.2, -0.15) is 13.2 Å². The topological polar surface area (TPSA) is 98.3 Å². The highest BCUT2D eigenvalue weighted by atomic mass is 32.1. The van der Waals surface area contributed by atoms with Gasteiger partial charge in [-0.25, -0.2) is 19.3 Å². The average Bonchev–Trinajstić information content (AvgIpc) is 3.36. The number of amides is 1. The van der Waals surface area contributed by atoms with Crippen LogP contribution in [0.4, 0.5) is 40.0 Å².